The molecule has 2 rings (SSSR count). The Morgan fingerprint density at radius 2 is 2.09 bits per heavy atom. The lowest BCUT2D eigenvalue weighted by molar-refractivity contribution is 0.763. The number of hydrogen-bond acceptors (Lipinski definition) is 3. The van der Waals surface area contributed by atoms with Crippen molar-refractivity contribution in [1.82, 2.24) is 25.4 Å². The maximum absolute atomic E-state index is 6.16. The molecule has 0 fully saturated rings. The molecule has 8 heteroatoms. The van der Waals surface area contributed by atoms with Gasteiger partial charge in [0.25, 0.3) is 0 Å². The fourth-order valence-electron chi connectivity index (χ4n) is 1.96. The summed E-state index contributed by atoms with van der Waals surface area (Å²) in [7, 11) is 1.91. The van der Waals surface area contributed by atoms with Crippen molar-refractivity contribution in [3.8, 4) is 0 Å². The molecule has 23 heavy (non-hydrogen) atoms. The van der Waals surface area contributed by atoms with Crippen molar-refractivity contribution in [2.24, 2.45) is 12.0 Å². The topological polar surface area (TPSA) is 67.1 Å². The van der Waals surface area contributed by atoms with Gasteiger partial charge in [-0.1, -0.05) is 29.8 Å². The normalized spacial score (nSPS) is 11.0. The average Bonchev–Trinajstić information content (AvgIpc) is 2.92. The average molecular weight is 449 g/mol. The Morgan fingerprint density at radius 1 is 1.30 bits per heavy atom. The Bertz CT molecular complexity index is 628. The molecule has 0 atom stereocenters. The van der Waals surface area contributed by atoms with E-state index in [-0.39, 0.29) is 24.0 Å². The summed E-state index contributed by atoms with van der Waals surface area (Å²) in [5.41, 5.74) is 1.13. The summed E-state index contributed by atoms with van der Waals surface area (Å²) >= 11 is 6.16. The van der Waals surface area contributed by atoms with E-state index in [2.05, 4.69) is 25.8 Å². The van der Waals surface area contributed by atoms with Crippen LogP contribution in [0.25, 0.3) is 0 Å². The lowest BCUT2D eigenvalue weighted by atomic mass is 10.1. The predicted octanol–water partition coefficient (Wildman–Crippen LogP) is 2.38. The number of aryl methyl sites for hydroxylation is 1. The van der Waals surface area contributed by atoms with E-state index < -0.39 is 0 Å². The fourth-order valence-corrected chi connectivity index (χ4v) is 2.19. The zero-order valence-electron chi connectivity index (χ0n) is 13.3. The summed E-state index contributed by atoms with van der Waals surface area (Å²) in [4.78, 5) is 4.51. The molecule has 126 valence electrons. The van der Waals surface area contributed by atoms with Crippen LogP contribution in [0.1, 0.15) is 18.3 Å². The lowest BCUT2D eigenvalue weighted by Gasteiger charge is -2.11. The number of aliphatic imine (C=N–C) groups is 1. The highest BCUT2D eigenvalue weighted by Crippen LogP contribution is 2.14. The molecule has 1 aromatic carbocycles. The molecule has 0 aliphatic carbocycles. The van der Waals surface area contributed by atoms with Crippen molar-refractivity contribution < 1.29 is 0 Å². The third-order valence-electron chi connectivity index (χ3n) is 3.17. The highest BCUT2D eigenvalue weighted by Gasteiger charge is 2.03. The number of benzene rings is 1. The Hall–Kier alpha value is -1.35. The summed E-state index contributed by atoms with van der Waals surface area (Å²) in [6.07, 6.45) is 2.51. The number of halogens is 2. The van der Waals surface area contributed by atoms with Crippen molar-refractivity contribution >= 4 is 41.5 Å². The van der Waals surface area contributed by atoms with E-state index in [9.17, 15) is 0 Å². The molecule has 0 saturated carbocycles. The van der Waals surface area contributed by atoms with Gasteiger partial charge in [-0.15, -0.1) is 34.2 Å². The summed E-state index contributed by atoms with van der Waals surface area (Å²) in [6.45, 7) is 4.08. The number of hydrogen-bond donors (Lipinski definition) is 2. The van der Waals surface area contributed by atoms with Crippen LogP contribution < -0.4 is 10.6 Å². The van der Waals surface area contributed by atoms with Crippen LogP contribution in [0, 0.1) is 0 Å². The van der Waals surface area contributed by atoms with Crippen molar-refractivity contribution in [2.75, 3.05) is 13.1 Å². The minimum atomic E-state index is 0. The molecule has 0 aliphatic heterocycles. The Kier molecular flexibility index (Phi) is 8.93. The minimum absolute atomic E-state index is 0. The fraction of sp³-hybridized carbons (Fsp3) is 0.400. The van der Waals surface area contributed by atoms with Crippen LogP contribution in [-0.2, 0) is 20.0 Å². The molecule has 2 aromatic rings. The van der Waals surface area contributed by atoms with Gasteiger partial charge >= 0.3 is 0 Å². The molecule has 0 bridgehead atoms. The maximum atomic E-state index is 6.16. The van der Waals surface area contributed by atoms with E-state index >= 15 is 0 Å². The van der Waals surface area contributed by atoms with E-state index in [1.54, 1.807) is 6.33 Å². The van der Waals surface area contributed by atoms with Crippen molar-refractivity contribution in [3.05, 3.63) is 47.0 Å². The SMILES string of the molecule is CCNC(=NCc1nncn1C)NCCc1ccccc1Cl.I. The molecule has 0 saturated heterocycles. The van der Waals surface area contributed by atoms with Gasteiger partial charge in [-0.3, -0.25) is 0 Å². The Balaban J connectivity index is 0.00000264. The van der Waals surface area contributed by atoms with Crippen LogP contribution in [0.3, 0.4) is 0 Å². The second kappa shape index (κ2) is 10.4. The molecule has 6 nitrogen and oxygen atoms in total. The molecule has 0 spiro atoms. The van der Waals surface area contributed by atoms with E-state index in [0.717, 1.165) is 41.9 Å². The van der Waals surface area contributed by atoms with E-state index in [1.807, 2.05) is 42.8 Å². The highest BCUT2D eigenvalue weighted by molar-refractivity contribution is 14.0. The first-order chi connectivity index (χ1) is 10.7. The van der Waals surface area contributed by atoms with Crippen molar-refractivity contribution in [1.29, 1.82) is 0 Å². The summed E-state index contributed by atoms with van der Waals surface area (Å²) in [6, 6.07) is 7.87. The van der Waals surface area contributed by atoms with Gasteiger partial charge < -0.3 is 15.2 Å². The first kappa shape index (κ1) is 19.7. The van der Waals surface area contributed by atoms with Crippen LogP contribution in [0.4, 0.5) is 0 Å². The maximum Gasteiger partial charge on any atom is 0.191 e. The number of nitrogens with one attached hydrogen (secondary N) is 2. The quantitative estimate of drug-likeness (QED) is 0.405. The van der Waals surface area contributed by atoms with Crippen LogP contribution in [0.15, 0.2) is 35.6 Å². The van der Waals surface area contributed by atoms with Crippen LogP contribution in [-0.4, -0.2) is 33.8 Å². The number of aromatic nitrogens is 3. The van der Waals surface area contributed by atoms with Gasteiger partial charge in [0.15, 0.2) is 11.8 Å². The molecule has 0 unspecified atom stereocenters. The molecule has 1 heterocycles. The lowest BCUT2D eigenvalue weighted by Crippen LogP contribution is -2.38. The molecular formula is C15H22ClIN6. The summed E-state index contributed by atoms with van der Waals surface area (Å²) < 4.78 is 1.86. The third kappa shape index (κ3) is 6.34. The summed E-state index contributed by atoms with van der Waals surface area (Å²) in [5, 5.41) is 15.2. The monoisotopic (exact) mass is 448 g/mol. The van der Waals surface area contributed by atoms with E-state index in [4.69, 9.17) is 11.6 Å². The molecule has 0 amide bonds. The number of guanidine groups is 1. The van der Waals surface area contributed by atoms with E-state index in [0.29, 0.717) is 6.54 Å². The third-order valence-corrected chi connectivity index (χ3v) is 3.54. The molecule has 0 aliphatic rings. The first-order valence-corrected chi connectivity index (χ1v) is 7.67. The van der Waals surface area contributed by atoms with Gasteiger partial charge in [0.2, 0.25) is 0 Å². The van der Waals surface area contributed by atoms with Gasteiger partial charge in [-0.05, 0) is 25.0 Å². The standard InChI is InChI=1S/C15H21ClN6.HI/c1-3-17-15(19-10-14-21-20-11-22(14)2)18-9-8-12-6-4-5-7-13(12)16;/h4-7,11H,3,8-10H2,1-2H3,(H2,17,18,19);1H. The van der Waals surface area contributed by atoms with Gasteiger partial charge in [-0.2, -0.15) is 0 Å². The highest BCUT2D eigenvalue weighted by atomic mass is 127. The second-order valence-corrected chi connectivity index (χ2v) is 5.23. The van der Waals surface area contributed by atoms with Crippen LogP contribution in [0.5, 0.6) is 0 Å². The predicted molar refractivity (Wildman–Crippen MR) is 104 cm³/mol. The van der Waals surface area contributed by atoms with Crippen molar-refractivity contribution in [3.63, 3.8) is 0 Å². The zero-order valence-corrected chi connectivity index (χ0v) is 16.4. The van der Waals surface area contributed by atoms with Gasteiger partial charge in [0.05, 0.1) is 0 Å². The van der Waals surface area contributed by atoms with E-state index in [1.165, 1.54) is 0 Å². The molecule has 0 radical (unpaired) electrons. The molecular weight excluding hydrogens is 427 g/mol. The smallest absolute Gasteiger partial charge is 0.191 e. The number of rotatable bonds is 6. The number of nitrogens with zero attached hydrogens (tertiary/aromatic N) is 4. The van der Waals surface area contributed by atoms with Gasteiger partial charge in [0.1, 0.15) is 12.9 Å². The largest absolute Gasteiger partial charge is 0.357 e. The first-order valence-electron chi connectivity index (χ1n) is 7.29. The Morgan fingerprint density at radius 3 is 2.74 bits per heavy atom. The molecule has 2 N–H and O–H groups in total. The Labute approximate surface area is 158 Å². The van der Waals surface area contributed by atoms with Crippen LogP contribution in [0.2, 0.25) is 5.02 Å². The summed E-state index contributed by atoms with van der Waals surface area (Å²) in [5.74, 6) is 1.58. The minimum Gasteiger partial charge on any atom is -0.357 e. The van der Waals surface area contributed by atoms with Gasteiger partial charge in [-0.25, -0.2) is 4.99 Å². The molecule has 1 aromatic heterocycles. The second-order valence-electron chi connectivity index (χ2n) is 4.82. The zero-order chi connectivity index (χ0) is 15.8. The van der Waals surface area contributed by atoms with Gasteiger partial charge in [0, 0.05) is 25.2 Å². The van der Waals surface area contributed by atoms with Crippen molar-refractivity contribution in [2.45, 2.75) is 19.9 Å². The van der Waals surface area contributed by atoms with Crippen LogP contribution >= 0.6 is 35.6 Å².